The lowest BCUT2D eigenvalue weighted by atomic mass is 10.1. The molecule has 0 radical (unpaired) electrons. The Bertz CT molecular complexity index is 562. The van der Waals surface area contributed by atoms with Crippen molar-refractivity contribution in [3.8, 4) is 11.5 Å². The van der Waals surface area contributed by atoms with Crippen LogP contribution in [0, 0.1) is 6.92 Å². The molecule has 1 aromatic carbocycles. The van der Waals surface area contributed by atoms with E-state index in [2.05, 4.69) is 10.5 Å². The molecule has 0 atom stereocenters. The molecule has 17 heavy (non-hydrogen) atoms. The smallest absolute Gasteiger partial charge is 0.261 e. The number of phenols is 2. The molecule has 0 aliphatic carbocycles. The second-order valence-electron chi connectivity index (χ2n) is 3.46. The van der Waals surface area contributed by atoms with Gasteiger partial charge in [0.1, 0.15) is 0 Å². The zero-order valence-corrected chi connectivity index (χ0v) is 8.97. The van der Waals surface area contributed by atoms with Crippen molar-refractivity contribution in [1.82, 2.24) is 5.16 Å². The number of carbonyl (C=O) groups is 1. The second-order valence-corrected chi connectivity index (χ2v) is 3.46. The van der Waals surface area contributed by atoms with Gasteiger partial charge < -0.3 is 14.7 Å². The molecule has 0 saturated heterocycles. The molecule has 0 bridgehead atoms. The molecule has 0 spiro atoms. The van der Waals surface area contributed by atoms with Gasteiger partial charge >= 0.3 is 0 Å². The summed E-state index contributed by atoms with van der Waals surface area (Å²) in [6, 6.07) is 5.66. The lowest BCUT2D eigenvalue weighted by Crippen LogP contribution is -2.11. The van der Waals surface area contributed by atoms with Crippen LogP contribution in [0.3, 0.4) is 0 Å². The number of phenolic OH excluding ortho intramolecular Hbond substituents is 2. The summed E-state index contributed by atoms with van der Waals surface area (Å²) in [5.41, 5.74) is 0.583. The molecule has 6 nitrogen and oxygen atoms in total. The van der Waals surface area contributed by atoms with E-state index in [1.165, 1.54) is 24.3 Å². The summed E-state index contributed by atoms with van der Waals surface area (Å²) >= 11 is 0. The van der Waals surface area contributed by atoms with Gasteiger partial charge in [-0.05, 0) is 19.1 Å². The molecule has 0 aliphatic heterocycles. The molecule has 1 amide bonds. The Kier molecular flexibility index (Phi) is 2.70. The number of nitrogens with one attached hydrogen (secondary N) is 1. The van der Waals surface area contributed by atoms with Crippen molar-refractivity contribution in [3.63, 3.8) is 0 Å². The molecule has 1 heterocycles. The van der Waals surface area contributed by atoms with Crippen LogP contribution in [-0.4, -0.2) is 21.3 Å². The van der Waals surface area contributed by atoms with Gasteiger partial charge in [0.05, 0.1) is 11.3 Å². The van der Waals surface area contributed by atoms with E-state index in [-0.39, 0.29) is 17.2 Å². The molecular formula is C11H10N2O4. The van der Waals surface area contributed by atoms with Crippen molar-refractivity contribution < 1.29 is 19.5 Å². The first-order chi connectivity index (χ1) is 8.08. The van der Waals surface area contributed by atoms with Crippen LogP contribution < -0.4 is 5.32 Å². The maximum Gasteiger partial charge on any atom is 0.261 e. The summed E-state index contributed by atoms with van der Waals surface area (Å²) in [7, 11) is 0. The van der Waals surface area contributed by atoms with Gasteiger partial charge in [-0.1, -0.05) is 11.2 Å². The zero-order valence-electron chi connectivity index (χ0n) is 8.97. The van der Waals surface area contributed by atoms with E-state index in [1.54, 1.807) is 6.92 Å². The summed E-state index contributed by atoms with van der Waals surface area (Å²) in [5.74, 6) is -1.24. The van der Waals surface area contributed by atoms with Crippen molar-refractivity contribution in [2.75, 3.05) is 5.32 Å². The quantitative estimate of drug-likeness (QED) is 0.686. The predicted octanol–water partition coefficient (Wildman–Crippen LogP) is 1.65. The third-order valence-electron chi connectivity index (χ3n) is 2.12. The summed E-state index contributed by atoms with van der Waals surface area (Å²) in [6.07, 6.45) is 0. The molecule has 3 N–H and O–H groups in total. The SMILES string of the molecule is Cc1cc(NC(=O)c2cccc(O)c2O)on1. The number of para-hydroxylation sites is 1. The fourth-order valence-electron chi connectivity index (χ4n) is 1.32. The van der Waals surface area contributed by atoms with Gasteiger partial charge in [0, 0.05) is 6.07 Å². The van der Waals surface area contributed by atoms with Gasteiger partial charge in [-0.15, -0.1) is 0 Å². The molecule has 88 valence electrons. The standard InChI is InChI=1S/C11H10N2O4/c1-6-5-9(17-13-6)12-11(16)7-3-2-4-8(14)10(7)15/h2-5,14-15H,1H3,(H,12,16). The normalized spacial score (nSPS) is 10.2. The average molecular weight is 234 g/mol. The number of carbonyl (C=O) groups excluding carboxylic acids is 1. The number of amides is 1. The third-order valence-corrected chi connectivity index (χ3v) is 2.12. The molecular weight excluding hydrogens is 224 g/mol. The van der Waals surface area contributed by atoms with E-state index in [9.17, 15) is 15.0 Å². The van der Waals surface area contributed by atoms with Crippen LogP contribution in [0.5, 0.6) is 11.5 Å². The Morgan fingerprint density at radius 3 is 2.82 bits per heavy atom. The van der Waals surface area contributed by atoms with Crippen molar-refractivity contribution >= 4 is 11.8 Å². The first kappa shape index (κ1) is 11.0. The van der Waals surface area contributed by atoms with E-state index >= 15 is 0 Å². The molecule has 6 heteroatoms. The first-order valence-electron chi connectivity index (χ1n) is 4.83. The van der Waals surface area contributed by atoms with Gasteiger partial charge in [-0.2, -0.15) is 0 Å². The number of aromatic nitrogens is 1. The Labute approximate surface area is 96.5 Å². The van der Waals surface area contributed by atoms with Gasteiger partial charge in [-0.25, -0.2) is 0 Å². The van der Waals surface area contributed by atoms with Crippen molar-refractivity contribution in [2.45, 2.75) is 6.92 Å². The highest BCUT2D eigenvalue weighted by Gasteiger charge is 2.15. The van der Waals surface area contributed by atoms with Crippen molar-refractivity contribution in [2.24, 2.45) is 0 Å². The topological polar surface area (TPSA) is 95.6 Å². The van der Waals surface area contributed by atoms with E-state index in [0.29, 0.717) is 5.69 Å². The fourth-order valence-corrected chi connectivity index (χ4v) is 1.32. The van der Waals surface area contributed by atoms with Gasteiger partial charge in [0.2, 0.25) is 5.88 Å². The Morgan fingerprint density at radius 1 is 1.41 bits per heavy atom. The highest BCUT2D eigenvalue weighted by Crippen LogP contribution is 2.28. The number of aromatic hydroxyl groups is 2. The number of rotatable bonds is 2. The van der Waals surface area contributed by atoms with Gasteiger partial charge in [0.15, 0.2) is 11.5 Å². The van der Waals surface area contributed by atoms with Crippen LogP contribution in [0.1, 0.15) is 16.1 Å². The third kappa shape index (κ3) is 2.20. The van der Waals surface area contributed by atoms with Crippen LogP contribution >= 0.6 is 0 Å². The maximum absolute atomic E-state index is 11.7. The number of hydrogen-bond donors (Lipinski definition) is 3. The average Bonchev–Trinajstić information content (AvgIpc) is 2.68. The summed E-state index contributed by atoms with van der Waals surface area (Å²) < 4.78 is 4.80. The van der Waals surface area contributed by atoms with Crippen LogP contribution in [0.4, 0.5) is 5.88 Å². The monoisotopic (exact) mass is 234 g/mol. The van der Waals surface area contributed by atoms with E-state index in [0.717, 1.165) is 0 Å². The lowest BCUT2D eigenvalue weighted by molar-refractivity contribution is 0.102. The van der Waals surface area contributed by atoms with Gasteiger partial charge in [-0.3, -0.25) is 10.1 Å². The van der Waals surface area contributed by atoms with Crippen molar-refractivity contribution in [3.05, 3.63) is 35.5 Å². The Morgan fingerprint density at radius 2 is 2.18 bits per heavy atom. The highest BCUT2D eigenvalue weighted by atomic mass is 16.5. The zero-order chi connectivity index (χ0) is 12.4. The molecule has 2 aromatic rings. The largest absolute Gasteiger partial charge is 0.504 e. The number of anilines is 1. The number of benzene rings is 1. The van der Waals surface area contributed by atoms with Crippen LogP contribution in [0.2, 0.25) is 0 Å². The molecule has 0 unspecified atom stereocenters. The molecule has 0 fully saturated rings. The van der Waals surface area contributed by atoms with Gasteiger partial charge in [0.25, 0.3) is 5.91 Å². The highest BCUT2D eigenvalue weighted by molar-refractivity contribution is 6.05. The van der Waals surface area contributed by atoms with Crippen LogP contribution in [0.15, 0.2) is 28.8 Å². The van der Waals surface area contributed by atoms with E-state index in [1.807, 2.05) is 0 Å². The summed E-state index contributed by atoms with van der Waals surface area (Å²) in [4.78, 5) is 11.7. The van der Waals surface area contributed by atoms with Crippen LogP contribution in [0.25, 0.3) is 0 Å². The molecule has 1 aromatic heterocycles. The Balaban J connectivity index is 2.23. The molecule has 0 aliphatic rings. The minimum Gasteiger partial charge on any atom is -0.504 e. The van der Waals surface area contributed by atoms with E-state index in [4.69, 9.17) is 4.52 Å². The van der Waals surface area contributed by atoms with E-state index < -0.39 is 11.7 Å². The number of aryl methyl sites for hydroxylation is 1. The maximum atomic E-state index is 11.7. The Hall–Kier alpha value is -2.50. The van der Waals surface area contributed by atoms with Crippen molar-refractivity contribution in [1.29, 1.82) is 0 Å². The lowest BCUT2D eigenvalue weighted by Gasteiger charge is -2.04. The predicted molar refractivity (Wildman–Crippen MR) is 59.0 cm³/mol. The minimum atomic E-state index is -0.588. The number of hydrogen-bond acceptors (Lipinski definition) is 5. The second kappa shape index (κ2) is 4.17. The summed E-state index contributed by atoms with van der Waals surface area (Å²) in [5, 5.41) is 24.8. The molecule has 2 rings (SSSR count). The minimum absolute atomic E-state index is 0.0425. The number of nitrogens with zero attached hydrogens (tertiary/aromatic N) is 1. The van der Waals surface area contributed by atoms with Crippen LogP contribution in [-0.2, 0) is 0 Å². The summed E-state index contributed by atoms with van der Waals surface area (Å²) in [6.45, 7) is 1.71. The molecule has 0 saturated carbocycles. The fraction of sp³-hybridized carbons (Fsp3) is 0.0909. The first-order valence-corrected chi connectivity index (χ1v) is 4.83.